The van der Waals surface area contributed by atoms with Crippen LogP contribution in [0.5, 0.6) is 0 Å². The Morgan fingerprint density at radius 2 is 1.62 bits per heavy atom. The molecule has 0 amide bonds. The van der Waals surface area contributed by atoms with Crippen molar-refractivity contribution in [1.82, 2.24) is 4.90 Å². The molecule has 1 N–H and O–H groups in total. The van der Waals surface area contributed by atoms with Gasteiger partial charge in [0.2, 0.25) is 0 Å². The first-order valence-electron chi connectivity index (χ1n) is 11.7. The molecule has 3 aromatic rings. The predicted octanol–water partition coefficient (Wildman–Crippen LogP) is 4.87. The lowest BCUT2D eigenvalue weighted by molar-refractivity contribution is -0.106. The molecule has 2 atom stereocenters. The normalized spacial score (nSPS) is 22.7. The van der Waals surface area contributed by atoms with Gasteiger partial charge in [0, 0.05) is 30.1 Å². The first-order chi connectivity index (χ1) is 15.4. The van der Waals surface area contributed by atoms with Gasteiger partial charge in [0.05, 0.1) is 8.07 Å². The molecule has 0 bridgehead atoms. The van der Waals surface area contributed by atoms with E-state index in [9.17, 15) is 5.11 Å². The number of hydrogen-bond acceptors (Lipinski definition) is 3. The molecule has 4 heteroatoms. The van der Waals surface area contributed by atoms with E-state index in [-0.39, 0.29) is 5.92 Å². The summed E-state index contributed by atoms with van der Waals surface area (Å²) in [5.41, 5.74) is 3.41. The summed E-state index contributed by atoms with van der Waals surface area (Å²) in [6.07, 6.45) is 1.73. The molecule has 32 heavy (non-hydrogen) atoms. The van der Waals surface area contributed by atoms with Crippen LogP contribution in [0, 0.1) is 0 Å². The molecule has 2 aliphatic rings. The van der Waals surface area contributed by atoms with Gasteiger partial charge in [-0.2, -0.15) is 0 Å². The van der Waals surface area contributed by atoms with E-state index in [0.29, 0.717) is 0 Å². The number of benzene rings is 3. The summed E-state index contributed by atoms with van der Waals surface area (Å²) in [6.45, 7) is 8.71. The smallest absolute Gasteiger partial charge is 0.172 e. The van der Waals surface area contributed by atoms with Crippen molar-refractivity contribution in [3.63, 3.8) is 0 Å². The molecule has 0 saturated carbocycles. The largest absolute Gasteiger partial charge is 0.366 e. The summed E-state index contributed by atoms with van der Waals surface area (Å²) < 4.78 is 0. The van der Waals surface area contributed by atoms with E-state index in [4.69, 9.17) is 4.99 Å². The zero-order valence-electron chi connectivity index (χ0n) is 19.3. The lowest BCUT2D eigenvalue weighted by Crippen LogP contribution is -2.59. The molecule has 3 aromatic carbocycles. The summed E-state index contributed by atoms with van der Waals surface area (Å²) in [7, 11) is -1.42. The van der Waals surface area contributed by atoms with Gasteiger partial charge in [-0.25, -0.2) is 0 Å². The summed E-state index contributed by atoms with van der Waals surface area (Å²) in [5.74, 6) is 0.851. The van der Waals surface area contributed by atoms with Gasteiger partial charge in [-0.05, 0) is 24.0 Å². The Morgan fingerprint density at radius 3 is 2.34 bits per heavy atom. The van der Waals surface area contributed by atoms with Crippen molar-refractivity contribution in [2.45, 2.75) is 44.1 Å². The highest BCUT2D eigenvalue weighted by molar-refractivity contribution is 6.88. The molecule has 0 aromatic heterocycles. The molecule has 2 unspecified atom stereocenters. The van der Waals surface area contributed by atoms with Crippen LogP contribution < -0.4 is 5.19 Å². The molecule has 3 nitrogen and oxygen atoms in total. The SMILES string of the molecule is C[Si](C)(C)c1ccc(C2(O)C(Cc3ccccc3)c3ccccc3C3=NCCCN32)cc1. The van der Waals surface area contributed by atoms with Crippen LogP contribution in [0.25, 0.3) is 0 Å². The van der Waals surface area contributed by atoms with Gasteiger partial charge >= 0.3 is 0 Å². The third kappa shape index (κ3) is 3.52. The van der Waals surface area contributed by atoms with Gasteiger partial charge in [-0.3, -0.25) is 4.99 Å². The maximum absolute atomic E-state index is 12.7. The third-order valence-electron chi connectivity index (χ3n) is 6.99. The molecule has 0 radical (unpaired) electrons. The van der Waals surface area contributed by atoms with Crippen molar-refractivity contribution in [3.05, 3.63) is 101 Å². The highest BCUT2D eigenvalue weighted by atomic mass is 28.3. The van der Waals surface area contributed by atoms with Gasteiger partial charge in [0.1, 0.15) is 5.84 Å². The average Bonchev–Trinajstić information content (AvgIpc) is 2.82. The van der Waals surface area contributed by atoms with Gasteiger partial charge in [-0.1, -0.05) is 104 Å². The molecule has 5 rings (SSSR count). The van der Waals surface area contributed by atoms with Gasteiger partial charge in [-0.15, -0.1) is 0 Å². The fraction of sp³-hybridized carbons (Fsp3) is 0.321. The summed E-state index contributed by atoms with van der Waals surface area (Å²) in [5, 5.41) is 14.1. The summed E-state index contributed by atoms with van der Waals surface area (Å²) in [4.78, 5) is 7.08. The molecular formula is C28H32N2OSi. The van der Waals surface area contributed by atoms with Crippen LogP contribution in [0.4, 0.5) is 0 Å². The van der Waals surface area contributed by atoms with E-state index in [1.807, 2.05) is 0 Å². The van der Waals surface area contributed by atoms with Crippen LogP contribution in [0.1, 0.15) is 34.6 Å². The van der Waals surface area contributed by atoms with Gasteiger partial charge < -0.3 is 10.0 Å². The summed E-state index contributed by atoms with van der Waals surface area (Å²) in [6, 6.07) is 27.9. The molecule has 164 valence electrons. The average molecular weight is 441 g/mol. The first-order valence-corrected chi connectivity index (χ1v) is 15.2. The quantitative estimate of drug-likeness (QED) is 0.588. The third-order valence-corrected chi connectivity index (χ3v) is 9.06. The molecule has 0 aliphatic carbocycles. The first kappa shape index (κ1) is 21.2. The minimum absolute atomic E-state index is 0.0871. The topological polar surface area (TPSA) is 35.8 Å². The fourth-order valence-corrected chi connectivity index (χ4v) is 6.42. The van der Waals surface area contributed by atoms with Crippen molar-refractivity contribution in [2.24, 2.45) is 4.99 Å². The number of aliphatic imine (C=N–C) groups is 1. The van der Waals surface area contributed by atoms with Gasteiger partial charge in [0.25, 0.3) is 0 Å². The zero-order valence-corrected chi connectivity index (χ0v) is 20.3. The minimum Gasteiger partial charge on any atom is -0.366 e. The number of hydrogen-bond donors (Lipinski definition) is 1. The minimum atomic E-state index is -1.42. The van der Waals surface area contributed by atoms with Crippen molar-refractivity contribution >= 4 is 19.1 Å². The monoisotopic (exact) mass is 440 g/mol. The Balaban J connectivity index is 1.70. The van der Waals surface area contributed by atoms with Crippen LogP contribution in [-0.2, 0) is 12.1 Å². The Bertz CT molecular complexity index is 1130. The van der Waals surface area contributed by atoms with E-state index in [0.717, 1.165) is 42.9 Å². The van der Waals surface area contributed by atoms with Gasteiger partial charge in [0.15, 0.2) is 5.72 Å². The van der Waals surface area contributed by atoms with E-state index < -0.39 is 13.8 Å². The van der Waals surface area contributed by atoms with Crippen LogP contribution in [-0.4, -0.2) is 37.0 Å². The summed E-state index contributed by atoms with van der Waals surface area (Å²) >= 11 is 0. The fourth-order valence-electron chi connectivity index (χ4n) is 5.25. The lowest BCUT2D eigenvalue weighted by Gasteiger charge is -2.52. The Hall–Kier alpha value is -2.69. The Kier molecular flexibility index (Phi) is 5.30. The molecule has 0 spiro atoms. The highest BCUT2D eigenvalue weighted by Crippen LogP contribution is 2.48. The molecular weight excluding hydrogens is 408 g/mol. The predicted molar refractivity (Wildman–Crippen MR) is 135 cm³/mol. The van der Waals surface area contributed by atoms with E-state index in [2.05, 4.69) is 103 Å². The Morgan fingerprint density at radius 1 is 0.938 bits per heavy atom. The maximum atomic E-state index is 12.7. The maximum Gasteiger partial charge on any atom is 0.172 e. The molecule has 2 heterocycles. The number of fused-ring (bicyclic) bond motifs is 3. The molecule has 0 fully saturated rings. The second-order valence-corrected chi connectivity index (χ2v) is 15.2. The van der Waals surface area contributed by atoms with Crippen molar-refractivity contribution < 1.29 is 5.11 Å². The van der Waals surface area contributed by atoms with E-state index in [1.165, 1.54) is 16.3 Å². The van der Waals surface area contributed by atoms with E-state index in [1.54, 1.807) is 0 Å². The number of rotatable bonds is 4. The van der Waals surface area contributed by atoms with Crippen molar-refractivity contribution in [3.8, 4) is 0 Å². The Labute approximate surface area is 192 Å². The number of aliphatic hydroxyl groups is 1. The molecule has 2 aliphatic heterocycles. The van der Waals surface area contributed by atoms with Crippen LogP contribution in [0.15, 0.2) is 83.9 Å². The zero-order chi connectivity index (χ0) is 22.3. The number of nitrogens with zero attached hydrogens (tertiary/aromatic N) is 2. The standard InChI is InChI=1S/C28H32N2OSi/c1-32(2,3)23-16-14-22(15-17-23)28(31)26(20-21-10-5-4-6-11-21)24-12-7-8-13-25(24)27-29-18-9-19-30(27)28/h4-8,10-17,26,31H,9,18-20H2,1-3H3. The van der Waals surface area contributed by atoms with Crippen LogP contribution in [0.3, 0.4) is 0 Å². The van der Waals surface area contributed by atoms with E-state index >= 15 is 0 Å². The second-order valence-electron chi connectivity index (χ2n) is 10.1. The van der Waals surface area contributed by atoms with Crippen LogP contribution in [0.2, 0.25) is 19.6 Å². The van der Waals surface area contributed by atoms with Crippen molar-refractivity contribution in [1.29, 1.82) is 0 Å². The second kappa shape index (κ2) is 8.02. The lowest BCUT2D eigenvalue weighted by atomic mass is 9.73. The molecule has 0 saturated heterocycles. The number of amidine groups is 1. The van der Waals surface area contributed by atoms with Crippen molar-refractivity contribution in [2.75, 3.05) is 13.1 Å². The van der Waals surface area contributed by atoms with Crippen LogP contribution >= 0.6 is 0 Å². The highest BCUT2D eigenvalue weighted by Gasteiger charge is 2.51.